The Morgan fingerprint density at radius 3 is 2.52 bits per heavy atom. The van der Waals surface area contributed by atoms with Gasteiger partial charge in [0.05, 0.1) is 0 Å². The van der Waals surface area contributed by atoms with Crippen LogP contribution >= 0.6 is 28.3 Å². The lowest BCUT2D eigenvalue weighted by molar-refractivity contribution is -0.128. The molecular weight excluding hydrogens is 356 g/mol. The maximum atomic E-state index is 12.0. The molecule has 2 unspecified atom stereocenters. The molecular formula is C15H24BrClN2O2. The zero-order valence-corrected chi connectivity index (χ0v) is 14.9. The number of unbranched alkanes of at least 4 members (excludes halogenated alkanes) is 1. The summed E-state index contributed by atoms with van der Waals surface area (Å²) in [5, 5.41) is 2.93. The molecule has 0 aliphatic rings. The standard InChI is InChI=1S/C15H23BrN2O2.ClH/c1-3-4-5-13(10-17)18-15(19)11(2)20-14-8-6-12(16)7-9-14;/h6-9,11,13H,3-5,10,17H2,1-2H3,(H,18,19);1H. The second kappa shape index (κ2) is 10.9. The molecule has 1 aromatic carbocycles. The average molecular weight is 380 g/mol. The van der Waals surface area contributed by atoms with Crippen LogP contribution in [-0.4, -0.2) is 24.6 Å². The van der Waals surface area contributed by atoms with Gasteiger partial charge in [-0.15, -0.1) is 12.4 Å². The second-order valence-corrected chi connectivity index (χ2v) is 5.71. The zero-order valence-electron chi connectivity index (χ0n) is 12.5. The Balaban J connectivity index is 0.00000400. The predicted octanol–water partition coefficient (Wildman–Crippen LogP) is 3.27. The Bertz CT molecular complexity index is 415. The molecule has 0 saturated carbocycles. The third-order valence-electron chi connectivity index (χ3n) is 3.03. The van der Waals surface area contributed by atoms with Gasteiger partial charge in [-0.3, -0.25) is 4.79 Å². The summed E-state index contributed by atoms with van der Waals surface area (Å²) in [5.74, 6) is 0.549. The van der Waals surface area contributed by atoms with E-state index in [0.717, 1.165) is 23.7 Å². The van der Waals surface area contributed by atoms with Crippen molar-refractivity contribution in [2.24, 2.45) is 5.73 Å². The molecule has 0 saturated heterocycles. The highest BCUT2D eigenvalue weighted by Crippen LogP contribution is 2.17. The zero-order chi connectivity index (χ0) is 15.0. The van der Waals surface area contributed by atoms with Crippen LogP contribution in [0.25, 0.3) is 0 Å². The van der Waals surface area contributed by atoms with Gasteiger partial charge in [-0.2, -0.15) is 0 Å². The summed E-state index contributed by atoms with van der Waals surface area (Å²) < 4.78 is 6.58. The van der Waals surface area contributed by atoms with Gasteiger partial charge in [0.25, 0.3) is 5.91 Å². The number of hydrogen-bond acceptors (Lipinski definition) is 3. The summed E-state index contributed by atoms with van der Waals surface area (Å²) in [6.07, 6.45) is 2.53. The Morgan fingerprint density at radius 1 is 1.38 bits per heavy atom. The summed E-state index contributed by atoms with van der Waals surface area (Å²) in [6, 6.07) is 7.43. The molecule has 2 atom stereocenters. The van der Waals surface area contributed by atoms with Gasteiger partial charge in [0.2, 0.25) is 0 Å². The van der Waals surface area contributed by atoms with Crippen LogP contribution in [0, 0.1) is 0 Å². The van der Waals surface area contributed by atoms with Gasteiger partial charge >= 0.3 is 0 Å². The summed E-state index contributed by atoms with van der Waals surface area (Å²) in [6.45, 7) is 4.32. The number of carbonyl (C=O) groups excluding carboxylic acids is 1. The maximum absolute atomic E-state index is 12.0. The lowest BCUT2D eigenvalue weighted by Gasteiger charge is -2.20. The molecule has 3 N–H and O–H groups in total. The van der Waals surface area contributed by atoms with E-state index in [1.54, 1.807) is 6.92 Å². The Kier molecular flexibility index (Phi) is 10.5. The van der Waals surface area contributed by atoms with Crippen molar-refractivity contribution in [1.82, 2.24) is 5.32 Å². The molecule has 0 aromatic heterocycles. The fraction of sp³-hybridized carbons (Fsp3) is 0.533. The molecule has 0 heterocycles. The van der Waals surface area contributed by atoms with Crippen molar-refractivity contribution in [3.05, 3.63) is 28.7 Å². The van der Waals surface area contributed by atoms with Crippen LogP contribution in [0.5, 0.6) is 5.75 Å². The molecule has 0 aliphatic heterocycles. The van der Waals surface area contributed by atoms with Crippen LogP contribution in [0.4, 0.5) is 0 Å². The van der Waals surface area contributed by atoms with E-state index in [1.165, 1.54) is 0 Å². The smallest absolute Gasteiger partial charge is 0.261 e. The van der Waals surface area contributed by atoms with Crippen molar-refractivity contribution in [1.29, 1.82) is 0 Å². The number of nitrogens with one attached hydrogen (secondary N) is 1. The monoisotopic (exact) mass is 378 g/mol. The number of hydrogen-bond donors (Lipinski definition) is 2. The normalized spacial score (nSPS) is 13.0. The van der Waals surface area contributed by atoms with Crippen molar-refractivity contribution < 1.29 is 9.53 Å². The molecule has 4 nitrogen and oxygen atoms in total. The van der Waals surface area contributed by atoms with Crippen LogP contribution in [0.1, 0.15) is 33.1 Å². The second-order valence-electron chi connectivity index (χ2n) is 4.80. The molecule has 0 fully saturated rings. The van der Waals surface area contributed by atoms with E-state index in [4.69, 9.17) is 10.5 Å². The summed E-state index contributed by atoms with van der Waals surface area (Å²) in [4.78, 5) is 12.0. The van der Waals surface area contributed by atoms with E-state index in [2.05, 4.69) is 28.2 Å². The molecule has 1 rings (SSSR count). The highest BCUT2D eigenvalue weighted by atomic mass is 79.9. The van der Waals surface area contributed by atoms with E-state index < -0.39 is 6.10 Å². The molecule has 1 aromatic rings. The number of carbonyl (C=O) groups is 1. The number of halogens is 2. The molecule has 0 radical (unpaired) electrons. The number of ether oxygens (including phenoxy) is 1. The number of amides is 1. The van der Waals surface area contributed by atoms with Gasteiger partial charge in [-0.05, 0) is 37.6 Å². The third kappa shape index (κ3) is 7.69. The summed E-state index contributed by atoms with van der Waals surface area (Å²) in [5.41, 5.74) is 5.67. The first-order valence-corrected chi connectivity index (χ1v) is 7.78. The van der Waals surface area contributed by atoms with Crippen molar-refractivity contribution in [3.8, 4) is 5.75 Å². The van der Waals surface area contributed by atoms with Crippen molar-refractivity contribution in [2.45, 2.75) is 45.3 Å². The van der Waals surface area contributed by atoms with E-state index in [1.807, 2.05) is 24.3 Å². The summed E-state index contributed by atoms with van der Waals surface area (Å²) in [7, 11) is 0. The highest BCUT2D eigenvalue weighted by Gasteiger charge is 2.18. The van der Waals surface area contributed by atoms with E-state index in [-0.39, 0.29) is 24.4 Å². The first kappa shape index (κ1) is 20.2. The van der Waals surface area contributed by atoms with Crippen molar-refractivity contribution >= 4 is 34.2 Å². The molecule has 6 heteroatoms. The van der Waals surface area contributed by atoms with E-state index in [0.29, 0.717) is 12.3 Å². The van der Waals surface area contributed by atoms with Gasteiger partial charge < -0.3 is 15.8 Å². The van der Waals surface area contributed by atoms with Crippen LogP contribution in [-0.2, 0) is 4.79 Å². The van der Waals surface area contributed by atoms with Gasteiger partial charge in [-0.1, -0.05) is 35.7 Å². The fourth-order valence-corrected chi connectivity index (χ4v) is 2.05. The first-order chi connectivity index (χ1) is 9.56. The Morgan fingerprint density at radius 2 is 2.00 bits per heavy atom. The Hall–Kier alpha value is -0.780. The third-order valence-corrected chi connectivity index (χ3v) is 3.56. The van der Waals surface area contributed by atoms with Crippen LogP contribution in [0.2, 0.25) is 0 Å². The maximum Gasteiger partial charge on any atom is 0.261 e. The van der Waals surface area contributed by atoms with Gasteiger partial charge in [0, 0.05) is 17.1 Å². The molecule has 0 bridgehead atoms. The van der Waals surface area contributed by atoms with E-state index in [9.17, 15) is 4.79 Å². The summed E-state index contributed by atoms with van der Waals surface area (Å²) >= 11 is 3.36. The molecule has 0 spiro atoms. The molecule has 0 aliphatic carbocycles. The van der Waals surface area contributed by atoms with Crippen molar-refractivity contribution in [3.63, 3.8) is 0 Å². The number of benzene rings is 1. The van der Waals surface area contributed by atoms with Crippen LogP contribution in [0.3, 0.4) is 0 Å². The minimum absolute atomic E-state index is 0. The minimum atomic E-state index is -0.535. The van der Waals surface area contributed by atoms with Crippen LogP contribution < -0.4 is 15.8 Å². The largest absolute Gasteiger partial charge is 0.481 e. The number of rotatable bonds is 8. The predicted molar refractivity (Wildman–Crippen MR) is 92.0 cm³/mol. The molecule has 21 heavy (non-hydrogen) atoms. The molecule has 120 valence electrons. The molecule has 1 amide bonds. The lowest BCUT2D eigenvalue weighted by atomic mass is 10.1. The fourth-order valence-electron chi connectivity index (χ4n) is 1.79. The number of nitrogens with two attached hydrogens (primary N) is 1. The van der Waals surface area contributed by atoms with Gasteiger partial charge in [-0.25, -0.2) is 0 Å². The topological polar surface area (TPSA) is 64.3 Å². The van der Waals surface area contributed by atoms with Gasteiger partial charge in [0.1, 0.15) is 5.75 Å². The quantitative estimate of drug-likeness (QED) is 0.728. The first-order valence-electron chi connectivity index (χ1n) is 6.99. The lowest BCUT2D eigenvalue weighted by Crippen LogP contribution is -2.45. The highest BCUT2D eigenvalue weighted by molar-refractivity contribution is 9.10. The Labute approximate surface area is 141 Å². The van der Waals surface area contributed by atoms with Crippen LogP contribution in [0.15, 0.2) is 28.7 Å². The van der Waals surface area contributed by atoms with Crippen molar-refractivity contribution in [2.75, 3.05) is 6.54 Å². The average Bonchev–Trinajstić information content (AvgIpc) is 2.45. The minimum Gasteiger partial charge on any atom is -0.481 e. The van der Waals surface area contributed by atoms with Gasteiger partial charge in [0.15, 0.2) is 6.10 Å². The SMILES string of the molecule is CCCCC(CN)NC(=O)C(C)Oc1ccc(Br)cc1.Cl. The van der Waals surface area contributed by atoms with E-state index >= 15 is 0 Å².